The highest BCUT2D eigenvalue weighted by atomic mass is 31.2. The van der Waals surface area contributed by atoms with E-state index in [1.54, 1.807) is 4.57 Å². The molecule has 7 atom stereocenters. The van der Waals surface area contributed by atoms with Crippen LogP contribution >= 0.6 is 7.75 Å². The van der Waals surface area contributed by atoms with E-state index in [2.05, 4.69) is 25.0 Å². The van der Waals surface area contributed by atoms with Crippen molar-refractivity contribution in [1.29, 1.82) is 0 Å². The molecule has 0 spiro atoms. The van der Waals surface area contributed by atoms with Crippen molar-refractivity contribution < 1.29 is 33.3 Å². The number of hydrogen-bond donors (Lipinski definition) is 6. The minimum absolute atomic E-state index is 0.0514. The van der Waals surface area contributed by atoms with E-state index < -0.39 is 63.5 Å². The van der Waals surface area contributed by atoms with Gasteiger partial charge < -0.3 is 36.9 Å². The lowest BCUT2D eigenvalue weighted by Gasteiger charge is -2.28. The number of fused-ring (bicyclic) bond motifs is 1. The van der Waals surface area contributed by atoms with E-state index in [1.165, 1.54) is 29.5 Å². The molecule has 5 heterocycles. The Hall–Kier alpha value is -3.06. The molecule has 3 aromatic heterocycles. The molecule has 9 N–H and O–H groups in total. The number of rotatable bonds is 13. The molecule has 1 unspecified atom stereocenters. The van der Waals surface area contributed by atoms with Gasteiger partial charge in [0.2, 0.25) is 0 Å². The molecular weight excluding hydrogens is 575 g/mol. The van der Waals surface area contributed by atoms with Crippen LogP contribution in [0.4, 0.5) is 11.6 Å². The molecule has 3 aromatic rings. The molecule has 0 aliphatic carbocycles. The summed E-state index contributed by atoms with van der Waals surface area (Å²) in [6.45, 7) is -0.211. The zero-order chi connectivity index (χ0) is 29.9. The molecule has 19 heteroatoms. The minimum atomic E-state index is -4.12. The topological polar surface area (TPSA) is 263 Å². The summed E-state index contributed by atoms with van der Waals surface area (Å²) in [4.78, 5) is 28.5. The van der Waals surface area contributed by atoms with Crippen LogP contribution in [0.25, 0.3) is 11.2 Å². The van der Waals surface area contributed by atoms with Gasteiger partial charge in [0.05, 0.1) is 19.5 Å². The van der Waals surface area contributed by atoms with Crippen LogP contribution < -0.4 is 28.0 Å². The lowest BCUT2D eigenvalue weighted by atomic mass is 10.2. The maximum atomic E-state index is 14.2. The number of imidazole rings is 1. The Kier molecular flexibility index (Phi) is 9.46. The molecule has 0 amide bonds. The largest absolute Gasteiger partial charge is 0.406 e. The van der Waals surface area contributed by atoms with E-state index in [4.69, 9.17) is 35.7 Å². The number of aliphatic hydroxyl groups is 2. The molecule has 2 aliphatic heterocycles. The third-order valence-electron chi connectivity index (χ3n) is 7.06. The highest BCUT2D eigenvalue weighted by molar-refractivity contribution is 7.51. The number of unbranched alkanes of at least 4 members (excludes halogenated alkanes) is 1. The molecule has 0 aromatic carbocycles. The van der Waals surface area contributed by atoms with Crippen molar-refractivity contribution in [2.45, 2.75) is 62.6 Å². The fraction of sp³-hybridized carbons (Fsp3) is 0.609. The molecule has 0 bridgehead atoms. The summed E-state index contributed by atoms with van der Waals surface area (Å²) < 4.78 is 41.0. The molecule has 5 rings (SSSR count). The molecule has 2 fully saturated rings. The van der Waals surface area contributed by atoms with Crippen LogP contribution in [-0.4, -0.2) is 90.0 Å². The highest BCUT2D eigenvalue weighted by Gasteiger charge is 2.46. The fourth-order valence-electron chi connectivity index (χ4n) is 4.96. The first kappa shape index (κ1) is 30.4. The van der Waals surface area contributed by atoms with Crippen LogP contribution in [0.15, 0.2) is 29.7 Å². The zero-order valence-electron chi connectivity index (χ0n) is 22.6. The number of nitrogens with two attached hydrogens (primary N) is 3. The number of hydrogen-bond acceptors (Lipinski definition) is 15. The van der Waals surface area contributed by atoms with Gasteiger partial charge in [-0.15, -0.1) is 0 Å². The lowest BCUT2D eigenvalue weighted by Crippen LogP contribution is -2.33. The Morgan fingerprint density at radius 1 is 1.02 bits per heavy atom. The van der Waals surface area contributed by atoms with Crippen molar-refractivity contribution in [3.8, 4) is 0 Å². The van der Waals surface area contributed by atoms with Crippen molar-refractivity contribution in [3.05, 3.63) is 35.4 Å². The van der Waals surface area contributed by atoms with Gasteiger partial charge in [0.1, 0.15) is 54.5 Å². The first-order valence-corrected chi connectivity index (χ1v) is 15.0. The van der Waals surface area contributed by atoms with E-state index in [0.717, 1.165) is 0 Å². The molecule has 42 heavy (non-hydrogen) atoms. The summed E-state index contributed by atoms with van der Waals surface area (Å²) in [7, 11) is -4.12. The molecule has 2 saturated heterocycles. The molecule has 18 nitrogen and oxygen atoms in total. The van der Waals surface area contributed by atoms with Crippen LogP contribution in [0, 0.1) is 0 Å². The standard InChI is InChI=1S/C23H35N10O8P/c24-4-1-2-5-30-42(37,40-13-7-18(38-15(13)9-34)32-6-3-17(25)31-23(32)36)41-14-8-19(39-16(14)10-35)33-12-29-20-21(26)27-11-28-22(20)33/h3,6,11-16,18-19,34-35H,1-2,4-5,7-10,24H2,(H,30,37)(H2,25,31,36)(H2,26,27,28)/t13-,14-,15+,16+,18+,19+,42?/m0/s1. The van der Waals surface area contributed by atoms with Crippen LogP contribution in [0.3, 0.4) is 0 Å². The van der Waals surface area contributed by atoms with E-state index >= 15 is 0 Å². The number of nitrogens with one attached hydrogen (secondary N) is 1. The summed E-state index contributed by atoms with van der Waals surface area (Å²) in [6, 6.07) is 1.44. The van der Waals surface area contributed by atoms with Gasteiger partial charge in [0, 0.05) is 25.6 Å². The van der Waals surface area contributed by atoms with Crippen LogP contribution in [0.1, 0.15) is 38.1 Å². The van der Waals surface area contributed by atoms with E-state index in [1.807, 2.05) is 0 Å². The van der Waals surface area contributed by atoms with Gasteiger partial charge in [-0.3, -0.25) is 18.2 Å². The number of aliphatic hydroxyl groups excluding tert-OH is 2. The molecule has 0 saturated carbocycles. The van der Waals surface area contributed by atoms with Crippen LogP contribution in [-0.2, 0) is 23.1 Å². The van der Waals surface area contributed by atoms with Gasteiger partial charge in [-0.2, -0.15) is 4.98 Å². The Morgan fingerprint density at radius 3 is 2.31 bits per heavy atom. The second kappa shape index (κ2) is 13.1. The average molecular weight is 611 g/mol. The number of aromatic nitrogens is 6. The maximum Gasteiger partial charge on any atom is 0.406 e. The Labute approximate surface area is 239 Å². The van der Waals surface area contributed by atoms with Crippen LogP contribution in [0.5, 0.6) is 0 Å². The van der Waals surface area contributed by atoms with Gasteiger partial charge in [0.15, 0.2) is 11.5 Å². The zero-order valence-corrected chi connectivity index (χ0v) is 23.5. The van der Waals surface area contributed by atoms with Gasteiger partial charge in [0.25, 0.3) is 0 Å². The summed E-state index contributed by atoms with van der Waals surface area (Å²) in [5.41, 5.74) is 17.3. The van der Waals surface area contributed by atoms with Gasteiger partial charge in [-0.25, -0.2) is 29.4 Å². The van der Waals surface area contributed by atoms with E-state index in [-0.39, 0.29) is 31.0 Å². The van der Waals surface area contributed by atoms with Crippen LogP contribution in [0.2, 0.25) is 0 Å². The quantitative estimate of drug-likeness (QED) is 0.100. The molecule has 230 valence electrons. The summed E-state index contributed by atoms with van der Waals surface area (Å²) in [5, 5.41) is 22.9. The smallest absolute Gasteiger partial charge is 0.394 e. The lowest BCUT2D eigenvalue weighted by molar-refractivity contribution is -0.0516. The Morgan fingerprint density at radius 2 is 1.69 bits per heavy atom. The first-order chi connectivity index (χ1) is 20.2. The number of nitrogen functional groups attached to an aromatic ring is 2. The van der Waals surface area contributed by atoms with Crippen molar-refractivity contribution in [1.82, 2.24) is 34.2 Å². The third-order valence-corrected chi connectivity index (χ3v) is 8.77. The predicted molar refractivity (Wildman–Crippen MR) is 148 cm³/mol. The number of nitrogens with zero attached hydrogens (tertiary/aromatic N) is 6. The van der Waals surface area contributed by atoms with Gasteiger partial charge >= 0.3 is 13.4 Å². The van der Waals surface area contributed by atoms with Crippen molar-refractivity contribution in [2.75, 3.05) is 37.8 Å². The summed E-state index contributed by atoms with van der Waals surface area (Å²) >= 11 is 0. The molecule has 0 radical (unpaired) electrons. The predicted octanol–water partition coefficient (Wildman–Crippen LogP) is -0.986. The average Bonchev–Trinajstić information content (AvgIpc) is 3.68. The SMILES string of the molecule is NCCCCNP(=O)(O[C@H]1C[C@H](n2ccc(N)nc2=O)O[C@@H]1CO)O[C@H]1C[C@H](n2cnc3c(N)ncnc32)O[C@@H]1CO. The second-order valence-corrected chi connectivity index (χ2v) is 11.6. The molecule has 2 aliphatic rings. The number of anilines is 2. The van der Waals surface area contributed by atoms with E-state index in [0.29, 0.717) is 30.6 Å². The van der Waals surface area contributed by atoms with E-state index in [9.17, 15) is 19.6 Å². The van der Waals surface area contributed by atoms with Crippen molar-refractivity contribution in [2.24, 2.45) is 5.73 Å². The van der Waals surface area contributed by atoms with Crippen molar-refractivity contribution >= 4 is 30.5 Å². The third kappa shape index (κ3) is 6.46. The monoisotopic (exact) mass is 610 g/mol. The summed E-state index contributed by atoms with van der Waals surface area (Å²) in [5.74, 6) is 0.255. The minimum Gasteiger partial charge on any atom is -0.394 e. The Balaban J connectivity index is 1.35. The second-order valence-electron chi connectivity index (χ2n) is 9.91. The maximum absolute atomic E-state index is 14.2. The van der Waals surface area contributed by atoms with Crippen molar-refractivity contribution in [3.63, 3.8) is 0 Å². The highest BCUT2D eigenvalue weighted by Crippen LogP contribution is 2.52. The number of ether oxygens (including phenoxy) is 2. The van der Waals surface area contributed by atoms with Gasteiger partial charge in [-0.05, 0) is 25.5 Å². The van der Waals surface area contributed by atoms with Gasteiger partial charge in [-0.1, -0.05) is 0 Å². The first-order valence-electron chi connectivity index (χ1n) is 13.5. The Bertz CT molecular complexity index is 1470. The normalized spacial score (nSPS) is 27.5. The summed E-state index contributed by atoms with van der Waals surface area (Å²) in [6.07, 6.45) is 0.573. The fourth-order valence-corrected chi connectivity index (χ4v) is 6.75. The molecular formula is C23H35N10O8P.